The number of anilines is 1. The second-order valence-electron chi connectivity index (χ2n) is 4.58. The van der Waals surface area contributed by atoms with Crippen LogP contribution in [0.5, 0.6) is 0 Å². The highest BCUT2D eigenvalue weighted by Crippen LogP contribution is 2.35. The van der Waals surface area contributed by atoms with E-state index in [9.17, 15) is 18.0 Å². The Labute approximate surface area is 129 Å². The molecule has 2 aromatic rings. The summed E-state index contributed by atoms with van der Waals surface area (Å²) in [5.41, 5.74) is 5.98. The lowest BCUT2D eigenvalue weighted by Gasteiger charge is -2.07. The second-order valence-corrected chi connectivity index (χ2v) is 5.61. The summed E-state index contributed by atoms with van der Waals surface area (Å²) in [5, 5.41) is 2.17. The van der Waals surface area contributed by atoms with Crippen molar-refractivity contribution in [3.8, 4) is 0 Å². The predicted molar refractivity (Wildman–Crippen MR) is 78.5 cm³/mol. The normalized spacial score (nSPS) is 11.5. The molecule has 8 heteroatoms. The lowest BCUT2D eigenvalue weighted by atomic mass is 10.1. The van der Waals surface area contributed by atoms with Gasteiger partial charge in [-0.25, -0.2) is 4.98 Å². The molecule has 2 rings (SSSR count). The summed E-state index contributed by atoms with van der Waals surface area (Å²) in [6.07, 6.45) is -3.81. The number of nitrogens with two attached hydrogens (primary N) is 1. The number of aromatic nitrogens is 1. The molecule has 0 aliphatic heterocycles. The SMILES string of the molecule is CCc1ccc(CNC(=O)c2sc(N)nc2C(F)(F)F)cc1. The number of halogens is 3. The molecule has 0 fully saturated rings. The molecular weight excluding hydrogens is 315 g/mol. The number of thiazole rings is 1. The molecule has 118 valence electrons. The fourth-order valence-electron chi connectivity index (χ4n) is 1.84. The van der Waals surface area contributed by atoms with Crippen molar-refractivity contribution in [2.45, 2.75) is 26.1 Å². The Bertz CT molecular complexity index is 665. The zero-order valence-corrected chi connectivity index (χ0v) is 12.5. The summed E-state index contributed by atoms with van der Waals surface area (Å²) in [5.74, 6) is -0.832. The molecule has 1 heterocycles. The summed E-state index contributed by atoms with van der Waals surface area (Å²) in [6, 6.07) is 7.47. The smallest absolute Gasteiger partial charge is 0.375 e. The molecule has 0 aliphatic carbocycles. The topological polar surface area (TPSA) is 68.0 Å². The Morgan fingerprint density at radius 3 is 2.41 bits per heavy atom. The average Bonchev–Trinajstić information content (AvgIpc) is 2.87. The lowest BCUT2D eigenvalue weighted by Crippen LogP contribution is -2.24. The molecule has 0 unspecified atom stereocenters. The average molecular weight is 329 g/mol. The Balaban J connectivity index is 2.09. The molecule has 0 saturated heterocycles. The Hall–Kier alpha value is -2.09. The maximum absolute atomic E-state index is 12.8. The minimum absolute atomic E-state index is 0.137. The van der Waals surface area contributed by atoms with Gasteiger partial charge in [0.2, 0.25) is 0 Å². The van der Waals surface area contributed by atoms with Crippen LogP contribution in [0.25, 0.3) is 0 Å². The van der Waals surface area contributed by atoms with Gasteiger partial charge in [-0.15, -0.1) is 0 Å². The van der Waals surface area contributed by atoms with Crippen LogP contribution >= 0.6 is 11.3 Å². The molecule has 0 spiro atoms. The number of nitrogen functional groups attached to an aromatic ring is 1. The van der Waals surface area contributed by atoms with Gasteiger partial charge in [0.05, 0.1) is 0 Å². The Morgan fingerprint density at radius 1 is 1.27 bits per heavy atom. The third-order valence-corrected chi connectivity index (χ3v) is 3.89. The monoisotopic (exact) mass is 329 g/mol. The van der Waals surface area contributed by atoms with Crippen LogP contribution in [0.4, 0.5) is 18.3 Å². The predicted octanol–water partition coefficient (Wildman–Crippen LogP) is 3.24. The molecule has 0 radical (unpaired) electrons. The van der Waals surface area contributed by atoms with Crippen LogP contribution in [0.1, 0.15) is 33.4 Å². The fourth-order valence-corrected chi connectivity index (χ4v) is 2.61. The van der Waals surface area contributed by atoms with Crippen LogP contribution in [-0.4, -0.2) is 10.9 Å². The van der Waals surface area contributed by atoms with Crippen molar-refractivity contribution < 1.29 is 18.0 Å². The zero-order chi connectivity index (χ0) is 16.3. The van der Waals surface area contributed by atoms with E-state index in [-0.39, 0.29) is 11.7 Å². The number of rotatable bonds is 4. The quantitative estimate of drug-likeness (QED) is 0.905. The van der Waals surface area contributed by atoms with Crippen molar-refractivity contribution in [2.75, 3.05) is 5.73 Å². The van der Waals surface area contributed by atoms with Crippen LogP contribution in [-0.2, 0) is 19.1 Å². The molecule has 4 nitrogen and oxygen atoms in total. The van der Waals surface area contributed by atoms with E-state index in [1.165, 1.54) is 0 Å². The van der Waals surface area contributed by atoms with Crippen molar-refractivity contribution in [3.05, 3.63) is 46.0 Å². The van der Waals surface area contributed by atoms with Gasteiger partial charge >= 0.3 is 6.18 Å². The molecule has 0 atom stereocenters. The highest BCUT2D eigenvalue weighted by molar-refractivity contribution is 7.17. The van der Waals surface area contributed by atoms with Crippen LogP contribution in [0.3, 0.4) is 0 Å². The Morgan fingerprint density at radius 2 is 1.86 bits per heavy atom. The van der Waals surface area contributed by atoms with E-state index < -0.39 is 22.7 Å². The first-order valence-electron chi connectivity index (χ1n) is 6.50. The van der Waals surface area contributed by atoms with Gasteiger partial charge in [-0.1, -0.05) is 42.5 Å². The second kappa shape index (κ2) is 6.35. The van der Waals surface area contributed by atoms with Crippen LogP contribution in [0, 0.1) is 0 Å². The highest BCUT2D eigenvalue weighted by Gasteiger charge is 2.39. The molecular formula is C14H14F3N3OS. The van der Waals surface area contributed by atoms with Crippen LogP contribution in [0.2, 0.25) is 0 Å². The number of alkyl halides is 3. The number of hydrogen-bond donors (Lipinski definition) is 2. The number of aryl methyl sites for hydroxylation is 1. The maximum Gasteiger partial charge on any atom is 0.435 e. The lowest BCUT2D eigenvalue weighted by molar-refractivity contribution is -0.141. The summed E-state index contributed by atoms with van der Waals surface area (Å²) >= 11 is 0.525. The summed E-state index contributed by atoms with van der Waals surface area (Å²) < 4.78 is 38.3. The van der Waals surface area contributed by atoms with E-state index >= 15 is 0 Å². The number of hydrogen-bond acceptors (Lipinski definition) is 4. The maximum atomic E-state index is 12.8. The fraction of sp³-hybridized carbons (Fsp3) is 0.286. The highest BCUT2D eigenvalue weighted by atomic mass is 32.1. The molecule has 0 saturated carbocycles. The largest absolute Gasteiger partial charge is 0.435 e. The number of amides is 1. The molecule has 22 heavy (non-hydrogen) atoms. The van der Waals surface area contributed by atoms with E-state index in [0.717, 1.165) is 17.5 Å². The number of carbonyl (C=O) groups excluding carboxylic acids is 1. The van der Waals surface area contributed by atoms with Crippen LogP contribution in [0.15, 0.2) is 24.3 Å². The van der Waals surface area contributed by atoms with Gasteiger partial charge in [0.15, 0.2) is 10.8 Å². The Kier molecular flexibility index (Phi) is 4.70. The number of carbonyl (C=O) groups is 1. The van der Waals surface area contributed by atoms with Gasteiger partial charge in [0.25, 0.3) is 5.91 Å². The molecule has 1 aromatic heterocycles. The van der Waals surface area contributed by atoms with Gasteiger partial charge < -0.3 is 11.1 Å². The minimum atomic E-state index is -4.70. The zero-order valence-electron chi connectivity index (χ0n) is 11.7. The molecule has 0 bridgehead atoms. The molecule has 1 amide bonds. The van der Waals surface area contributed by atoms with Gasteiger partial charge in [-0.2, -0.15) is 13.2 Å². The van der Waals surface area contributed by atoms with E-state index in [0.29, 0.717) is 11.3 Å². The first-order chi connectivity index (χ1) is 10.3. The van der Waals surface area contributed by atoms with Gasteiger partial charge in [0.1, 0.15) is 4.88 Å². The minimum Gasteiger partial charge on any atom is -0.375 e. The standard InChI is InChI=1S/C14H14F3N3OS/c1-2-8-3-5-9(6-4-8)7-19-12(21)10-11(14(15,16)17)20-13(18)22-10/h3-6H,2,7H2,1H3,(H2,18,20)(H,19,21). The third kappa shape index (κ3) is 3.76. The van der Waals surface area contributed by atoms with E-state index in [4.69, 9.17) is 5.73 Å². The van der Waals surface area contributed by atoms with Gasteiger partial charge in [0, 0.05) is 6.54 Å². The summed E-state index contributed by atoms with van der Waals surface area (Å²) in [4.78, 5) is 14.6. The van der Waals surface area contributed by atoms with Gasteiger partial charge in [-0.05, 0) is 17.5 Å². The van der Waals surface area contributed by atoms with Crippen molar-refractivity contribution in [3.63, 3.8) is 0 Å². The molecule has 1 aromatic carbocycles. The van der Waals surface area contributed by atoms with Gasteiger partial charge in [-0.3, -0.25) is 4.79 Å². The van der Waals surface area contributed by atoms with Crippen molar-refractivity contribution in [1.29, 1.82) is 0 Å². The summed E-state index contributed by atoms with van der Waals surface area (Å²) in [7, 11) is 0. The first-order valence-corrected chi connectivity index (χ1v) is 7.32. The summed E-state index contributed by atoms with van der Waals surface area (Å²) in [6.45, 7) is 2.15. The van der Waals surface area contributed by atoms with Crippen molar-refractivity contribution >= 4 is 22.4 Å². The van der Waals surface area contributed by atoms with Crippen molar-refractivity contribution in [1.82, 2.24) is 10.3 Å². The first kappa shape index (κ1) is 16.3. The third-order valence-electron chi connectivity index (χ3n) is 3.00. The van der Waals surface area contributed by atoms with E-state index in [1.807, 2.05) is 31.2 Å². The molecule has 0 aliphatic rings. The van der Waals surface area contributed by atoms with Crippen LogP contribution < -0.4 is 11.1 Å². The van der Waals surface area contributed by atoms with Crippen molar-refractivity contribution in [2.24, 2.45) is 0 Å². The number of nitrogens with one attached hydrogen (secondary N) is 1. The number of nitrogens with zero attached hydrogens (tertiary/aromatic N) is 1. The molecule has 3 N–H and O–H groups in total. The number of benzene rings is 1. The van der Waals surface area contributed by atoms with E-state index in [1.54, 1.807) is 0 Å². The van der Waals surface area contributed by atoms with E-state index in [2.05, 4.69) is 10.3 Å².